The third-order valence-electron chi connectivity index (χ3n) is 3.32. The van der Waals surface area contributed by atoms with Gasteiger partial charge in [0, 0.05) is 18.9 Å². The number of rotatable bonds is 5. The number of aromatic nitrogens is 1. The average molecular weight is 294 g/mol. The second-order valence-electron chi connectivity index (χ2n) is 4.90. The molecule has 0 atom stereocenters. The van der Waals surface area contributed by atoms with Crippen LogP contribution in [0.25, 0.3) is 0 Å². The maximum atomic E-state index is 12.2. The molecule has 1 aromatic carbocycles. The predicted molar refractivity (Wildman–Crippen MR) is 86.7 cm³/mol. The smallest absolute Gasteiger partial charge is 0.243 e. The van der Waals surface area contributed by atoms with Gasteiger partial charge in [-0.25, -0.2) is 4.98 Å². The van der Waals surface area contributed by atoms with E-state index in [0.717, 1.165) is 17.7 Å². The number of nitrogens with one attached hydrogen (secondary N) is 1. The fourth-order valence-corrected chi connectivity index (χ4v) is 2.22. The third-order valence-corrected chi connectivity index (χ3v) is 3.32. The third kappa shape index (κ3) is 3.61. The number of amides is 1. The number of pyridine rings is 1. The Morgan fingerprint density at radius 3 is 2.82 bits per heavy atom. The van der Waals surface area contributed by atoms with Gasteiger partial charge in [-0.3, -0.25) is 4.79 Å². The van der Waals surface area contributed by atoms with E-state index >= 15 is 0 Å². The maximum Gasteiger partial charge on any atom is 0.243 e. The van der Waals surface area contributed by atoms with E-state index in [2.05, 4.69) is 16.4 Å². The molecular formula is C17H18N4O. The van der Waals surface area contributed by atoms with Gasteiger partial charge < -0.3 is 10.2 Å². The standard InChI is InChI=1S/C17H18N4O/c1-3-13-7-4-5-9-15(13)20-16(22)12-21(2)17-14(11-18)8-6-10-19-17/h4-10H,3,12H2,1-2H3,(H,20,22). The second-order valence-corrected chi connectivity index (χ2v) is 4.90. The van der Waals surface area contributed by atoms with Gasteiger partial charge in [-0.15, -0.1) is 0 Å². The van der Waals surface area contributed by atoms with Crippen LogP contribution >= 0.6 is 0 Å². The highest BCUT2D eigenvalue weighted by Crippen LogP contribution is 2.17. The lowest BCUT2D eigenvalue weighted by atomic mass is 10.1. The number of aryl methyl sites for hydroxylation is 1. The maximum absolute atomic E-state index is 12.2. The zero-order valence-electron chi connectivity index (χ0n) is 12.7. The molecule has 0 saturated heterocycles. The minimum Gasteiger partial charge on any atom is -0.349 e. The topological polar surface area (TPSA) is 69.0 Å². The zero-order chi connectivity index (χ0) is 15.9. The normalized spacial score (nSPS) is 9.86. The van der Waals surface area contributed by atoms with Crippen molar-refractivity contribution in [2.24, 2.45) is 0 Å². The molecule has 5 nitrogen and oxygen atoms in total. The van der Waals surface area contributed by atoms with Gasteiger partial charge in [0.25, 0.3) is 0 Å². The van der Waals surface area contributed by atoms with Crippen molar-refractivity contribution in [3.8, 4) is 6.07 Å². The quantitative estimate of drug-likeness (QED) is 0.920. The number of para-hydroxylation sites is 1. The van der Waals surface area contributed by atoms with Crippen molar-refractivity contribution in [3.63, 3.8) is 0 Å². The molecule has 0 radical (unpaired) electrons. The fraction of sp³-hybridized carbons (Fsp3) is 0.235. The van der Waals surface area contributed by atoms with Crippen molar-refractivity contribution in [1.29, 1.82) is 5.26 Å². The van der Waals surface area contributed by atoms with E-state index in [0.29, 0.717) is 11.4 Å². The Morgan fingerprint density at radius 1 is 1.32 bits per heavy atom. The highest BCUT2D eigenvalue weighted by molar-refractivity contribution is 5.94. The van der Waals surface area contributed by atoms with Crippen LogP contribution in [0.5, 0.6) is 0 Å². The monoisotopic (exact) mass is 294 g/mol. The number of carbonyl (C=O) groups is 1. The van der Waals surface area contributed by atoms with Gasteiger partial charge in [0.05, 0.1) is 12.1 Å². The number of likely N-dealkylation sites (N-methyl/N-ethyl adjacent to an activating group) is 1. The number of hydrogen-bond donors (Lipinski definition) is 1. The fourth-order valence-electron chi connectivity index (χ4n) is 2.22. The van der Waals surface area contributed by atoms with Crippen LogP contribution in [0.2, 0.25) is 0 Å². The average Bonchev–Trinajstić information content (AvgIpc) is 2.55. The number of benzene rings is 1. The van der Waals surface area contributed by atoms with E-state index in [-0.39, 0.29) is 12.5 Å². The Morgan fingerprint density at radius 2 is 2.09 bits per heavy atom. The van der Waals surface area contributed by atoms with Gasteiger partial charge in [-0.1, -0.05) is 25.1 Å². The van der Waals surface area contributed by atoms with Gasteiger partial charge in [-0.2, -0.15) is 5.26 Å². The molecule has 1 N–H and O–H groups in total. The molecule has 112 valence electrons. The van der Waals surface area contributed by atoms with E-state index in [9.17, 15) is 4.79 Å². The van der Waals surface area contributed by atoms with Crippen LogP contribution in [0, 0.1) is 11.3 Å². The lowest BCUT2D eigenvalue weighted by Gasteiger charge is -2.19. The first-order chi connectivity index (χ1) is 10.7. The summed E-state index contributed by atoms with van der Waals surface area (Å²) in [6.07, 6.45) is 2.46. The summed E-state index contributed by atoms with van der Waals surface area (Å²) >= 11 is 0. The van der Waals surface area contributed by atoms with Gasteiger partial charge in [0.2, 0.25) is 5.91 Å². The zero-order valence-corrected chi connectivity index (χ0v) is 12.7. The van der Waals surface area contributed by atoms with Crippen molar-refractivity contribution in [1.82, 2.24) is 4.98 Å². The number of anilines is 2. The second kappa shape index (κ2) is 7.23. The first-order valence-electron chi connectivity index (χ1n) is 7.09. The molecule has 1 aromatic heterocycles. The first-order valence-corrected chi connectivity index (χ1v) is 7.09. The minimum absolute atomic E-state index is 0.129. The molecule has 0 spiro atoms. The van der Waals surface area contributed by atoms with Crippen LogP contribution in [0.15, 0.2) is 42.6 Å². The van der Waals surface area contributed by atoms with E-state index in [1.54, 1.807) is 30.3 Å². The van der Waals surface area contributed by atoms with Crippen LogP contribution in [-0.2, 0) is 11.2 Å². The van der Waals surface area contributed by atoms with Crippen molar-refractivity contribution in [3.05, 3.63) is 53.7 Å². The Balaban J connectivity index is 2.07. The molecule has 0 bridgehead atoms. The molecule has 1 amide bonds. The molecular weight excluding hydrogens is 276 g/mol. The largest absolute Gasteiger partial charge is 0.349 e. The molecule has 0 aliphatic rings. The Labute approximate surface area is 130 Å². The highest BCUT2D eigenvalue weighted by Gasteiger charge is 2.13. The number of carbonyl (C=O) groups excluding carboxylic acids is 1. The summed E-state index contributed by atoms with van der Waals surface area (Å²) < 4.78 is 0. The molecule has 0 aliphatic heterocycles. The molecule has 22 heavy (non-hydrogen) atoms. The molecule has 5 heteroatoms. The highest BCUT2D eigenvalue weighted by atomic mass is 16.2. The van der Waals surface area contributed by atoms with Gasteiger partial charge in [0.15, 0.2) is 0 Å². The van der Waals surface area contributed by atoms with Crippen molar-refractivity contribution >= 4 is 17.4 Å². The van der Waals surface area contributed by atoms with E-state index in [1.807, 2.05) is 31.2 Å². The molecule has 0 unspecified atom stereocenters. The summed E-state index contributed by atoms with van der Waals surface area (Å²) in [5.74, 6) is 0.363. The van der Waals surface area contributed by atoms with Gasteiger partial charge in [-0.05, 0) is 30.2 Å². The molecule has 0 aliphatic carbocycles. The van der Waals surface area contributed by atoms with Crippen LogP contribution in [0.3, 0.4) is 0 Å². The molecule has 2 aromatic rings. The van der Waals surface area contributed by atoms with E-state index in [1.165, 1.54) is 0 Å². The van der Waals surface area contributed by atoms with Crippen molar-refractivity contribution < 1.29 is 4.79 Å². The lowest BCUT2D eigenvalue weighted by molar-refractivity contribution is -0.114. The Hall–Kier alpha value is -2.87. The molecule has 1 heterocycles. The molecule has 2 rings (SSSR count). The summed E-state index contributed by atoms with van der Waals surface area (Å²) in [7, 11) is 1.74. The summed E-state index contributed by atoms with van der Waals surface area (Å²) in [6, 6.07) is 13.2. The lowest BCUT2D eigenvalue weighted by Crippen LogP contribution is -2.31. The summed E-state index contributed by atoms with van der Waals surface area (Å²) in [6.45, 7) is 2.17. The predicted octanol–water partition coefficient (Wildman–Crippen LogP) is 2.59. The van der Waals surface area contributed by atoms with Crippen LogP contribution < -0.4 is 10.2 Å². The molecule has 0 saturated carbocycles. The van der Waals surface area contributed by atoms with E-state index < -0.39 is 0 Å². The van der Waals surface area contributed by atoms with Crippen LogP contribution in [-0.4, -0.2) is 24.5 Å². The number of nitrogens with zero attached hydrogens (tertiary/aromatic N) is 3. The number of hydrogen-bond acceptors (Lipinski definition) is 4. The summed E-state index contributed by atoms with van der Waals surface area (Å²) in [5, 5.41) is 12.0. The van der Waals surface area contributed by atoms with Crippen LogP contribution in [0.1, 0.15) is 18.1 Å². The SMILES string of the molecule is CCc1ccccc1NC(=O)CN(C)c1ncccc1C#N. The van der Waals surface area contributed by atoms with Gasteiger partial charge >= 0.3 is 0 Å². The summed E-state index contributed by atoms with van der Waals surface area (Å²) in [5.41, 5.74) is 2.37. The van der Waals surface area contributed by atoms with Crippen molar-refractivity contribution in [2.45, 2.75) is 13.3 Å². The van der Waals surface area contributed by atoms with Crippen molar-refractivity contribution in [2.75, 3.05) is 23.8 Å². The number of nitriles is 1. The van der Waals surface area contributed by atoms with Crippen LogP contribution in [0.4, 0.5) is 11.5 Å². The minimum atomic E-state index is -0.141. The van der Waals surface area contributed by atoms with Gasteiger partial charge in [0.1, 0.15) is 11.9 Å². The first kappa shape index (κ1) is 15.5. The Kier molecular flexibility index (Phi) is 5.10. The summed E-state index contributed by atoms with van der Waals surface area (Å²) in [4.78, 5) is 18.0. The Bertz CT molecular complexity index is 706. The van der Waals surface area contributed by atoms with E-state index in [4.69, 9.17) is 5.26 Å². The molecule has 0 fully saturated rings.